The van der Waals surface area contributed by atoms with Crippen LogP contribution in [0.3, 0.4) is 0 Å². The first-order valence-electron chi connectivity index (χ1n) is 7.14. The fourth-order valence-electron chi connectivity index (χ4n) is 2.41. The number of carbonyl (C=O) groups excluding carboxylic acids is 1. The van der Waals surface area contributed by atoms with Crippen molar-refractivity contribution >= 4 is 12.1 Å². The molecule has 1 amide bonds. The van der Waals surface area contributed by atoms with Crippen molar-refractivity contribution < 1.29 is 14.3 Å². The van der Waals surface area contributed by atoms with Crippen molar-refractivity contribution in [2.24, 2.45) is 10.7 Å². The van der Waals surface area contributed by atoms with Crippen LogP contribution >= 0.6 is 0 Å². The molecule has 0 aliphatic carbocycles. The predicted molar refractivity (Wildman–Crippen MR) is 82.0 cm³/mol. The first kappa shape index (κ1) is 17.6. The van der Waals surface area contributed by atoms with Crippen LogP contribution in [-0.4, -0.2) is 54.0 Å². The van der Waals surface area contributed by atoms with Gasteiger partial charge in [0.05, 0.1) is 12.1 Å². The Labute approximate surface area is 126 Å². The Morgan fingerprint density at radius 2 is 2.05 bits per heavy atom. The molecule has 0 aromatic rings. The number of hydrogen-bond donors (Lipinski definition) is 2. The molecule has 7 nitrogen and oxygen atoms in total. The molecule has 7 heteroatoms. The van der Waals surface area contributed by atoms with Crippen molar-refractivity contribution in [2.75, 3.05) is 13.6 Å². The number of nitrogens with one attached hydrogen (secondary N) is 1. The first-order valence-corrected chi connectivity index (χ1v) is 7.14. The number of nitrogens with two attached hydrogens (primary N) is 1. The third kappa shape index (κ3) is 4.49. The van der Waals surface area contributed by atoms with Gasteiger partial charge in [-0.25, -0.2) is 4.79 Å². The van der Waals surface area contributed by atoms with Crippen LogP contribution in [0.5, 0.6) is 0 Å². The molecule has 1 heterocycles. The Hall–Kier alpha value is -1.50. The van der Waals surface area contributed by atoms with E-state index in [4.69, 9.17) is 15.2 Å². The number of guanidine groups is 1. The highest BCUT2D eigenvalue weighted by Gasteiger charge is 2.49. The number of carbonyl (C=O) groups is 1. The molecular formula is C14H28N4O3. The summed E-state index contributed by atoms with van der Waals surface area (Å²) in [6, 6.07) is -0.185. The second-order valence-electron chi connectivity index (χ2n) is 6.68. The van der Waals surface area contributed by atoms with E-state index in [0.29, 0.717) is 12.5 Å². The van der Waals surface area contributed by atoms with Gasteiger partial charge in [0.1, 0.15) is 11.3 Å². The van der Waals surface area contributed by atoms with E-state index < -0.39 is 17.4 Å². The fraction of sp³-hybridized carbons (Fsp3) is 0.857. The van der Waals surface area contributed by atoms with E-state index in [1.54, 1.807) is 11.9 Å². The molecule has 3 N–H and O–H groups in total. The van der Waals surface area contributed by atoms with Crippen LogP contribution in [-0.2, 0) is 9.47 Å². The summed E-state index contributed by atoms with van der Waals surface area (Å²) in [5.74, 6) is 0.330. The zero-order chi connectivity index (χ0) is 16.4. The minimum absolute atomic E-state index is 0.135. The summed E-state index contributed by atoms with van der Waals surface area (Å²) in [7, 11) is 1.60. The summed E-state index contributed by atoms with van der Waals surface area (Å²) in [6.45, 7) is 11.6. The largest absolute Gasteiger partial charge is 0.444 e. The second kappa shape index (κ2) is 6.09. The van der Waals surface area contributed by atoms with E-state index in [-0.39, 0.29) is 12.1 Å². The number of nitrogens with zero attached hydrogens (tertiary/aromatic N) is 2. The van der Waals surface area contributed by atoms with Crippen molar-refractivity contribution in [1.29, 1.82) is 0 Å². The molecule has 0 saturated carbocycles. The zero-order valence-corrected chi connectivity index (χ0v) is 14.1. The molecule has 2 atom stereocenters. The molecule has 21 heavy (non-hydrogen) atoms. The summed E-state index contributed by atoms with van der Waals surface area (Å²) in [6.07, 6.45) is -0.527. The molecular weight excluding hydrogens is 272 g/mol. The number of aliphatic imine (C=N–C) groups is 1. The van der Waals surface area contributed by atoms with Crippen LogP contribution in [0.25, 0.3) is 0 Å². The number of rotatable bonds is 2. The molecule has 1 rings (SSSR count). The lowest BCUT2D eigenvalue weighted by Crippen LogP contribution is -2.54. The van der Waals surface area contributed by atoms with Gasteiger partial charge in [-0.3, -0.25) is 9.89 Å². The maximum absolute atomic E-state index is 12.5. The van der Waals surface area contributed by atoms with E-state index in [0.717, 1.165) is 0 Å². The van der Waals surface area contributed by atoms with Gasteiger partial charge in [0.25, 0.3) is 0 Å². The third-order valence-corrected chi connectivity index (χ3v) is 3.25. The van der Waals surface area contributed by atoms with Gasteiger partial charge in [-0.1, -0.05) is 0 Å². The lowest BCUT2D eigenvalue weighted by atomic mass is 10.1. The normalized spacial score (nSPS) is 25.9. The van der Waals surface area contributed by atoms with Crippen molar-refractivity contribution in [1.82, 2.24) is 10.2 Å². The standard InChI is InChI=1S/C14H28N4O3/c1-9-10(8-17-11(15)16-7)18(14(5,6)20-9)12(19)21-13(2,3)4/h9-10H,8H2,1-7H3,(H3,15,16,17). The van der Waals surface area contributed by atoms with Crippen molar-refractivity contribution in [3.63, 3.8) is 0 Å². The summed E-state index contributed by atoms with van der Waals surface area (Å²) in [4.78, 5) is 18.0. The van der Waals surface area contributed by atoms with Crippen LogP contribution in [0.2, 0.25) is 0 Å². The van der Waals surface area contributed by atoms with Crippen molar-refractivity contribution in [2.45, 2.75) is 65.0 Å². The quantitative estimate of drug-likeness (QED) is 0.592. The molecule has 0 bridgehead atoms. The van der Waals surface area contributed by atoms with Crippen LogP contribution in [0, 0.1) is 0 Å². The highest BCUT2D eigenvalue weighted by Crippen LogP contribution is 2.33. The van der Waals surface area contributed by atoms with E-state index in [1.165, 1.54) is 0 Å². The van der Waals surface area contributed by atoms with Crippen LogP contribution in [0.15, 0.2) is 4.99 Å². The smallest absolute Gasteiger partial charge is 0.412 e. The highest BCUT2D eigenvalue weighted by molar-refractivity contribution is 5.77. The van der Waals surface area contributed by atoms with Crippen LogP contribution in [0.4, 0.5) is 4.79 Å². The lowest BCUT2D eigenvalue weighted by molar-refractivity contribution is -0.0755. The molecule has 1 saturated heterocycles. The topological polar surface area (TPSA) is 89.2 Å². The summed E-state index contributed by atoms with van der Waals surface area (Å²) in [5, 5.41) is 2.99. The van der Waals surface area contributed by atoms with Crippen molar-refractivity contribution in [3.8, 4) is 0 Å². The Bertz CT molecular complexity index is 415. The average molecular weight is 300 g/mol. The zero-order valence-electron chi connectivity index (χ0n) is 14.1. The summed E-state index contributed by atoms with van der Waals surface area (Å²) >= 11 is 0. The monoisotopic (exact) mass is 300 g/mol. The maximum atomic E-state index is 12.5. The lowest BCUT2D eigenvalue weighted by Gasteiger charge is -2.35. The SMILES string of the molecule is CN=C(N)NCC1C(C)OC(C)(C)N1C(=O)OC(C)(C)C. The number of hydrogen-bond acceptors (Lipinski definition) is 4. The predicted octanol–water partition coefficient (Wildman–Crippen LogP) is 1.28. The van der Waals surface area contributed by atoms with Crippen LogP contribution < -0.4 is 11.1 Å². The van der Waals surface area contributed by atoms with E-state index >= 15 is 0 Å². The Kier molecular flexibility index (Phi) is 5.09. The molecule has 1 aliphatic rings. The highest BCUT2D eigenvalue weighted by atomic mass is 16.6. The van der Waals surface area contributed by atoms with Gasteiger partial charge in [0.15, 0.2) is 5.96 Å². The molecule has 0 spiro atoms. The van der Waals surface area contributed by atoms with Gasteiger partial charge >= 0.3 is 6.09 Å². The van der Waals surface area contributed by atoms with Gasteiger partial charge in [-0.15, -0.1) is 0 Å². The summed E-state index contributed by atoms with van der Waals surface area (Å²) in [5.41, 5.74) is 4.37. The molecule has 0 aromatic heterocycles. The average Bonchev–Trinajstić information content (AvgIpc) is 2.52. The Morgan fingerprint density at radius 1 is 1.48 bits per heavy atom. The van der Waals surface area contributed by atoms with E-state index in [1.807, 2.05) is 41.5 Å². The summed E-state index contributed by atoms with van der Waals surface area (Å²) < 4.78 is 11.4. The van der Waals surface area contributed by atoms with Gasteiger partial charge in [-0.2, -0.15) is 0 Å². The van der Waals surface area contributed by atoms with E-state index in [9.17, 15) is 4.79 Å². The fourth-order valence-corrected chi connectivity index (χ4v) is 2.41. The third-order valence-electron chi connectivity index (χ3n) is 3.25. The molecule has 0 radical (unpaired) electrons. The first-order chi connectivity index (χ1) is 9.48. The molecule has 2 unspecified atom stereocenters. The van der Waals surface area contributed by atoms with Gasteiger partial charge in [-0.05, 0) is 41.5 Å². The number of amides is 1. The van der Waals surface area contributed by atoms with Gasteiger partial charge in [0.2, 0.25) is 0 Å². The molecule has 122 valence electrons. The van der Waals surface area contributed by atoms with Gasteiger partial charge in [0, 0.05) is 13.6 Å². The van der Waals surface area contributed by atoms with Crippen molar-refractivity contribution in [3.05, 3.63) is 0 Å². The Morgan fingerprint density at radius 3 is 2.52 bits per heavy atom. The second-order valence-corrected chi connectivity index (χ2v) is 6.68. The molecule has 1 aliphatic heterocycles. The van der Waals surface area contributed by atoms with Crippen LogP contribution in [0.1, 0.15) is 41.5 Å². The molecule has 0 aromatic carbocycles. The minimum Gasteiger partial charge on any atom is -0.444 e. The van der Waals surface area contributed by atoms with Gasteiger partial charge < -0.3 is 20.5 Å². The number of ether oxygens (including phenoxy) is 2. The Balaban J connectivity index is 2.90. The molecule has 1 fully saturated rings. The minimum atomic E-state index is -0.730. The maximum Gasteiger partial charge on any atom is 0.412 e. The van der Waals surface area contributed by atoms with E-state index in [2.05, 4.69) is 10.3 Å².